The van der Waals surface area contributed by atoms with E-state index in [1.807, 2.05) is 24.3 Å². The van der Waals surface area contributed by atoms with Gasteiger partial charge in [-0.2, -0.15) is 4.37 Å². The Morgan fingerprint density at radius 3 is 2.61 bits per heavy atom. The number of rotatable bonds is 5. The molecule has 4 heteroatoms. The Morgan fingerprint density at radius 1 is 1.28 bits per heavy atom. The van der Waals surface area contributed by atoms with E-state index in [4.69, 9.17) is 4.74 Å². The van der Waals surface area contributed by atoms with Gasteiger partial charge < -0.3 is 10.1 Å². The minimum Gasteiger partial charge on any atom is -0.497 e. The number of benzene rings is 1. The summed E-state index contributed by atoms with van der Waals surface area (Å²) in [6, 6.07) is 10.6. The van der Waals surface area contributed by atoms with Crippen LogP contribution in [0, 0.1) is 0 Å². The largest absolute Gasteiger partial charge is 0.497 e. The van der Waals surface area contributed by atoms with E-state index >= 15 is 0 Å². The zero-order chi connectivity index (χ0) is 13.0. The van der Waals surface area contributed by atoms with Gasteiger partial charge in [0.05, 0.1) is 12.8 Å². The first-order chi connectivity index (χ1) is 8.69. The van der Waals surface area contributed by atoms with Crippen molar-refractivity contribution in [3.63, 3.8) is 0 Å². The van der Waals surface area contributed by atoms with Gasteiger partial charge in [-0.15, -0.1) is 0 Å². The van der Waals surface area contributed by atoms with Gasteiger partial charge in [-0.3, -0.25) is 0 Å². The summed E-state index contributed by atoms with van der Waals surface area (Å²) in [5.74, 6) is 0.871. The predicted octanol–water partition coefficient (Wildman–Crippen LogP) is 3.32. The minimum atomic E-state index is 0.497. The third-order valence-electron chi connectivity index (χ3n) is 2.63. The lowest BCUT2D eigenvalue weighted by Gasteiger charge is -2.04. The number of methoxy groups -OCH3 is 1. The molecule has 1 aromatic heterocycles. The second kappa shape index (κ2) is 5.98. The average molecular weight is 262 g/mol. The highest BCUT2D eigenvalue weighted by atomic mass is 32.1. The van der Waals surface area contributed by atoms with E-state index in [-0.39, 0.29) is 0 Å². The van der Waals surface area contributed by atoms with Crippen LogP contribution < -0.4 is 10.1 Å². The van der Waals surface area contributed by atoms with Crippen molar-refractivity contribution in [2.24, 2.45) is 0 Å². The van der Waals surface area contributed by atoms with E-state index in [1.54, 1.807) is 18.6 Å². The van der Waals surface area contributed by atoms with Gasteiger partial charge in [-0.25, -0.2) is 0 Å². The van der Waals surface area contributed by atoms with Crippen molar-refractivity contribution >= 4 is 11.5 Å². The first kappa shape index (κ1) is 13.1. The number of nitrogens with zero attached hydrogens (tertiary/aromatic N) is 1. The van der Waals surface area contributed by atoms with Crippen LogP contribution in [0.5, 0.6) is 5.75 Å². The molecule has 3 nitrogen and oxygen atoms in total. The fraction of sp³-hybridized carbons (Fsp3) is 0.357. The van der Waals surface area contributed by atoms with Crippen LogP contribution in [0.4, 0.5) is 0 Å². The number of nitrogens with one attached hydrogen (secondary N) is 1. The van der Waals surface area contributed by atoms with Crippen molar-refractivity contribution in [3.8, 4) is 17.0 Å². The molecule has 1 heterocycles. The van der Waals surface area contributed by atoms with Crippen molar-refractivity contribution in [2.75, 3.05) is 7.11 Å². The van der Waals surface area contributed by atoms with Crippen LogP contribution in [0.3, 0.4) is 0 Å². The van der Waals surface area contributed by atoms with Gasteiger partial charge in [0.2, 0.25) is 0 Å². The highest BCUT2D eigenvalue weighted by molar-refractivity contribution is 7.06. The van der Waals surface area contributed by atoms with Crippen LogP contribution in [0.1, 0.15) is 18.7 Å². The van der Waals surface area contributed by atoms with Gasteiger partial charge in [0, 0.05) is 23.0 Å². The Hall–Kier alpha value is -1.39. The van der Waals surface area contributed by atoms with E-state index in [2.05, 4.69) is 29.6 Å². The fourth-order valence-electron chi connectivity index (χ4n) is 1.60. The maximum absolute atomic E-state index is 5.15. The molecule has 18 heavy (non-hydrogen) atoms. The molecule has 2 aromatic rings. The SMILES string of the molecule is COc1ccc(-c2cc(CNC(C)C)sn2)cc1. The molecule has 2 rings (SSSR count). The molecule has 0 saturated heterocycles. The smallest absolute Gasteiger partial charge is 0.118 e. The van der Waals surface area contributed by atoms with Crippen molar-refractivity contribution < 1.29 is 4.74 Å². The minimum absolute atomic E-state index is 0.497. The van der Waals surface area contributed by atoms with Crippen LogP contribution in [0.25, 0.3) is 11.3 Å². The van der Waals surface area contributed by atoms with E-state index in [0.29, 0.717) is 6.04 Å². The second-order valence-corrected chi connectivity index (χ2v) is 5.33. The van der Waals surface area contributed by atoms with Crippen LogP contribution in [0.15, 0.2) is 30.3 Å². The predicted molar refractivity (Wildman–Crippen MR) is 76.1 cm³/mol. The van der Waals surface area contributed by atoms with Crippen LogP contribution in [-0.4, -0.2) is 17.5 Å². The summed E-state index contributed by atoms with van der Waals surface area (Å²) in [6.45, 7) is 5.17. The highest BCUT2D eigenvalue weighted by Gasteiger charge is 2.05. The lowest BCUT2D eigenvalue weighted by molar-refractivity contribution is 0.415. The van der Waals surface area contributed by atoms with E-state index < -0.39 is 0 Å². The monoisotopic (exact) mass is 262 g/mol. The lowest BCUT2D eigenvalue weighted by Crippen LogP contribution is -2.21. The molecule has 0 saturated carbocycles. The van der Waals surface area contributed by atoms with Crippen LogP contribution >= 0.6 is 11.5 Å². The zero-order valence-electron chi connectivity index (χ0n) is 10.9. The average Bonchev–Trinajstić information content (AvgIpc) is 2.85. The van der Waals surface area contributed by atoms with Crippen molar-refractivity contribution in [3.05, 3.63) is 35.2 Å². The Morgan fingerprint density at radius 2 is 2.00 bits per heavy atom. The van der Waals surface area contributed by atoms with Gasteiger partial charge in [0.1, 0.15) is 5.75 Å². The molecule has 0 aliphatic carbocycles. The Labute approximate surface area is 112 Å². The summed E-state index contributed by atoms with van der Waals surface area (Å²) in [7, 11) is 1.67. The molecule has 96 valence electrons. The molecule has 0 fully saturated rings. The summed E-state index contributed by atoms with van der Waals surface area (Å²) in [5, 5.41) is 3.40. The van der Waals surface area contributed by atoms with Gasteiger partial charge in [-0.05, 0) is 41.9 Å². The first-order valence-corrected chi connectivity index (χ1v) is 6.80. The first-order valence-electron chi connectivity index (χ1n) is 6.02. The molecule has 0 aliphatic rings. The number of hydrogen-bond acceptors (Lipinski definition) is 4. The number of hydrogen-bond donors (Lipinski definition) is 1. The second-order valence-electron chi connectivity index (χ2n) is 4.44. The lowest BCUT2D eigenvalue weighted by atomic mass is 10.1. The van der Waals surface area contributed by atoms with Crippen LogP contribution in [-0.2, 0) is 6.54 Å². The summed E-state index contributed by atoms with van der Waals surface area (Å²) in [6.07, 6.45) is 0. The maximum atomic E-state index is 5.15. The third-order valence-corrected chi connectivity index (χ3v) is 3.41. The Kier molecular flexibility index (Phi) is 4.33. The van der Waals surface area contributed by atoms with Gasteiger partial charge >= 0.3 is 0 Å². The number of aromatic nitrogens is 1. The van der Waals surface area contributed by atoms with Crippen LogP contribution in [0.2, 0.25) is 0 Å². The maximum Gasteiger partial charge on any atom is 0.118 e. The van der Waals surface area contributed by atoms with Crippen molar-refractivity contribution in [2.45, 2.75) is 26.4 Å². The molecule has 1 aromatic carbocycles. The molecular formula is C14H18N2OS. The highest BCUT2D eigenvalue weighted by Crippen LogP contribution is 2.24. The van der Waals surface area contributed by atoms with Gasteiger partial charge in [0.15, 0.2) is 0 Å². The number of ether oxygens (including phenoxy) is 1. The molecular weight excluding hydrogens is 244 g/mol. The fourth-order valence-corrected chi connectivity index (χ4v) is 2.28. The van der Waals surface area contributed by atoms with Gasteiger partial charge in [-0.1, -0.05) is 13.8 Å². The van der Waals surface area contributed by atoms with E-state index in [0.717, 1.165) is 23.6 Å². The summed E-state index contributed by atoms with van der Waals surface area (Å²) in [4.78, 5) is 1.26. The van der Waals surface area contributed by atoms with E-state index in [9.17, 15) is 0 Å². The van der Waals surface area contributed by atoms with E-state index in [1.165, 1.54) is 4.88 Å². The summed E-state index contributed by atoms with van der Waals surface area (Å²) in [5.41, 5.74) is 2.16. The quantitative estimate of drug-likeness (QED) is 0.897. The summed E-state index contributed by atoms with van der Waals surface area (Å²) >= 11 is 1.55. The Bertz CT molecular complexity index is 491. The molecule has 0 amide bonds. The standard InChI is InChI=1S/C14H18N2OS/c1-10(2)15-9-13-8-14(16-18-13)11-4-6-12(17-3)7-5-11/h4-8,10,15H,9H2,1-3H3. The normalized spacial score (nSPS) is 10.9. The van der Waals surface area contributed by atoms with Gasteiger partial charge in [0.25, 0.3) is 0 Å². The topological polar surface area (TPSA) is 34.1 Å². The van der Waals surface area contributed by atoms with Crippen molar-refractivity contribution in [1.29, 1.82) is 0 Å². The van der Waals surface area contributed by atoms with Crippen molar-refractivity contribution in [1.82, 2.24) is 9.69 Å². The molecule has 0 bridgehead atoms. The molecule has 0 atom stereocenters. The molecule has 0 radical (unpaired) electrons. The Balaban J connectivity index is 2.08. The zero-order valence-corrected chi connectivity index (χ0v) is 11.8. The molecule has 1 N–H and O–H groups in total. The third kappa shape index (κ3) is 3.31. The summed E-state index contributed by atoms with van der Waals surface area (Å²) < 4.78 is 9.63. The molecule has 0 spiro atoms. The molecule has 0 unspecified atom stereocenters. The molecule has 0 aliphatic heterocycles.